The number of hydrogen-bond acceptors (Lipinski definition) is 5. The molecule has 0 saturated carbocycles. The molecule has 2 atom stereocenters. The van der Waals surface area contributed by atoms with Crippen molar-refractivity contribution in [2.75, 3.05) is 0 Å². The smallest absolute Gasteiger partial charge is 0.289 e. The zero-order chi connectivity index (χ0) is 24.3. The molecule has 7 nitrogen and oxygen atoms in total. The van der Waals surface area contributed by atoms with Crippen molar-refractivity contribution < 1.29 is 19.1 Å². The van der Waals surface area contributed by atoms with Gasteiger partial charge in [0.05, 0.1) is 23.9 Å². The Balaban J connectivity index is 1.64. The van der Waals surface area contributed by atoms with E-state index in [9.17, 15) is 14.4 Å². The van der Waals surface area contributed by atoms with E-state index in [-0.39, 0.29) is 19.6 Å². The number of rotatable bonds is 11. The maximum Gasteiger partial charge on any atom is 0.289 e. The molecule has 0 aliphatic carbocycles. The van der Waals surface area contributed by atoms with E-state index in [0.29, 0.717) is 10.7 Å². The average Bonchev–Trinajstić information content (AvgIpc) is 2.87. The van der Waals surface area contributed by atoms with Crippen LogP contribution in [0.25, 0.3) is 0 Å². The highest BCUT2D eigenvalue weighted by molar-refractivity contribution is 6.38. The van der Waals surface area contributed by atoms with Gasteiger partial charge in [0.2, 0.25) is 11.7 Å². The van der Waals surface area contributed by atoms with Crippen molar-refractivity contribution in [2.45, 2.75) is 38.6 Å². The second-order valence-corrected chi connectivity index (χ2v) is 8.08. The van der Waals surface area contributed by atoms with Crippen LogP contribution in [0.1, 0.15) is 23.7 Å². The monoisotopic (exact) mass is 479 g/mol. The lowest BCUT2D eigenvalue weighted by atomic mass is 10.0. The molecule has 176 valence electrons. The van der Waals surface area contributed by atoms with Crippen LogP contribution in [-0.4, -0.2) is 34.7 Å². The van der Waals surface area contributed by atoms with Gasteiger partial charge in [0.1, 0.15) is 12.1 Å². The minimum atomic E-state index is -1.06. The zero-order valence-corrected chi connectivity index (χ0v) is 19.5. The van der Waals surface area contributed by atoms with E-state index < -0.39 is 29.7 Å². The first-order valence-corrected chi connectivity index (χ1v) is 11.2. The van der Waals surface area contributed by atoms with Crippen LogP contribution in [0.15, 0.2) is 79.0 Å². The lowest BCUT2D eigenvalue weighted by Gasteiger charge is -2.20. The van der Waals surface area contributed by atoms with Gasteiger partial charge in [-0.15, -0.1) is 0 Å². The van der Waals surface area contributed by atoms with Crippen molar-refractivity contribution in [3.63, 3.8) is 0 Å². The largest absolute Gasteiger partial charge is 0.364 e. The summed E-state index contributed by atoms with van der Waals surface area (Å²) in [5.74, 6) is -2.08. The third-order valence-electron chi connectivity index (χ3n) is 5.10. The second-order valence-electron chi connectivity index (χ2n) is 7.67. The highest BCUT2D eigenvalue weighted by Crippen LogP contribution is 2.12. The molecular formula is C26H26ClN3O4. The number of pyridine rings is 1. The van der Waals surface area contributed by atoms with E-state index in [1.807, 2.05) is 60.7 Å². The summed E-state index contributed by atoms with van der Waals surface area (Å²) in [4.78, 5) is 42.4. The van der Waals surface area contributed by atoms with E-state index in [1.165, 1.54) is 0 Å². The number of nitrogens with zero attached hydrogens (tertiary/aromatic N) is 1. The average molecular weight is 480 g/mol. The fourth-order valence-electron chi connectivity index (χ4n) is 3.18. The van der Waals surface area contributed by atoms with Crippen molar-refractivity contribution in [1.82, 2.24) is 15.6 Å². The summed E-state index contributed by atoms with van der Waals surface area (Å²) in [7, 11) is 0. The first-order valence-electron chi connectivity index (χ1n) is 10.9. The van der Waals surface area contributed by atoms with Crippen LogP contribution in [0.5, 0.6) is 0 Å². The Morgan fingerprint density at radius 1 is 0.941 bits per heavy atom. The molecule has 0 fully saturated rings. The molecule has 0 saturated heterocycles. The molecule has 2 aromatic carbocycles. The normalized spacial score (nSPS) is 12.4. The third kappa shape index (κ3) is 7.50. The second kappa shape index (κ2) is 12.6. The highest BCUT2D eigenvalue weighted by Gasteiger charge is 2.29. The van der Waals surface area contributed by atoms with Gasteiger partial charge in [-0.05, 0) is 30.2 Å². The molecule has 0 radical (unpaired) electrons. The Morgan fingerprint density at radius 3 is 2.24 bits per heavy atom. The van der Waals surface area contributed by atoms with Crippen molar-refractivity contribution in [3.05, 3.63) is 101 Å². The Hall–Kier alpha value is -3.55. The quantitative estimate of drug-likeness (QED) is 0.411. The summed E-state index contributed by atoms with van der Waals surface area (Å²) in [6.45, 7) is 1.84. The lowest BCUT2D eigenvalue weighted by molar-refractivity contribution is -0.141. The lowest BCUT2D eigenvalue weighted by Crippen LogP contribution is -2.51. The number of ether oxygens (including phenoxy) is 1. The van der Waals surface area contributed by atoms with Crippen molar-refractivity contribution >= 4 is 29.2 Å². The number of amides is 2. The van der Waals surface area contributed by atoms with E-state index in [0.717, 1.165) is 11.1 Å². The van der Waals surface area contributed by atoms with Gasteiger partial charge in [0, 0.05) is 12.6 Å². The number of halogens is 1. The molecule has 8 heteroatoms. The van der Waals surface area contributed by atoms with Crippen LogP contribution in [0.2, 0.25) is 5.02 Å². The third-order valence-corrected chi connectivity index (χ3v) is 5.45. The van der Waals surface area contributed by atoms with Gasteiger partial charge in [-0.1, -0.05) is 72.3 Å². The first-order chi connectivity index (χ1) is 16.4. The Morgan fingerprint density at radius 2 is 1.59 bits per heavy atom. The minimum absolute atomic E-state index is 0.00710. The molecule has 1 heterocycles. The molecular weight excluding hydrogens is 454 g/mol. The summed E-state index contributed by atoms with van der Waals surface area (Å²) in [6.07, 6.45) is 0.889. The SMILES string of the molecule is C[C@@H](OCc1ccccc1)C(=O)N[C@H](Cc1ccccc1)C(=O)C(=O)NCc1ncccc1Cl. The van der Waals surface area contributed by atoms with Crippen molar-refractivity contribution in [2.24, 2.45) is 0 Å². The van der Waals surface area contributed by atoms with E-state index in [4.69, 9.17) is 16.3 Å². The van der Waals surface area contributed by atoms with Crippen LogP contribution in [-0.2, 0) is 38.7 Å². The first kappa shape index (κ1) is 25.1. The maximum atomic E-state index is 13.0. The number of hydrogen-bond donors (Lipinski definition) is 2. The van der Waals surface area contributed by atoms with Gasteiger partial charge in [0.25, 0.3) is 5.91 Å². The summed E-state index contributed by atoms with van der Waals surface area (Å²) < 4.78 is 5.65. The molecule has 0 bridgehead atoms. The number of aromatic nitrogens is 1. The summed E-state index contributed by atoms with van der Waals surface area (Å²) in [6, 6.07) is 20.9. The van der Waals surface area contributed by atoms with Gasteiger partial charge in [-0.25, -0.2) is 0 Å². The van der Waals surface area contributed by atoms with Crippen molar-refractivity contribution in [3.8, 4) is 0 Å². The fourth-order valence-corrected chi connectivity index (χ4v) is 3.37. The van der Waals surface area contributed by atoms with Gasteiger partial charge in [-0.3, -0.25) is 19.4 Å². The number of ketones is 1. The summed E-state index contributed by atoms with van der Waals surface area (Å²) in [5, 5.41) is 5.60. The molecule has 2 amide bonds. The van der Waals surface area contributed by atoms with E-state index in [2.05, 4.69) is 15.6 Å². The standard InChI is InChI=1S/C26H26ClN3O4/c1-18(34-17-20-11-6-3-7-12-20)25(32)30-22(15-19-9-4-2-5-10-19)24(31)26(33)29-16-23-21(27)13-8-14-28-23/h2-14,18,22H,15-17H2,1H3,(H,29,33)(H,30,32)/t18-,22-/m1/s1. The molecule has 0 aliphatic rings. The molecule has 3 rings (SSSR count). The summed E-state index contributed by atoms with van der Waals surface area (Å²) >= 11 is 6.07. The molecule has 1 aromatic heterocycles. The molecule has 3 aromatic rings. The van der Waals surface area contributed by atoms with Crippen molar-refractivity contribution in [1.29, 1.82) is 0 Å². The number of nitrogens with one attached hydrogen (secondary N) is 2. The topological polar surface area (TPSA) is 97.4 Å². The van der Waals surface area contributed by atoms with Gasteiger partial charge >= 0.3 is 0 Å². The Bertz CT molecular complexity index is 1110. The molecule has 0 unspecified atom stereocenters. The van der Waals surface area contributed by atoms with Gasteiger partial charge < -0.3 is 15.4 Å². The van der Waals surface area contributed by atoms with Crippen LogP contribution in [0.3, 0.4) is 0 Å². The number of benzene rings is 2. The number of Topliss-reactive ketones (excluding diaryl/α,β-unsaturated/α-hetero) is 1. The van der Waals surface area contributed by atoms with Crippen LogP contribution >= 0.6 is 11.6 Å². The van der Waals surface area contributed by atoms with Crippen LogP contribution in [0, 0.1) is 0 Å². The Kier molecular flexibility index (Phi) is 9.31. The maximum absolute atomic E-state index is 13.0. The van der Waals surface area contributed by atoms with Crippen LogP contribution < -0.4 is 10.6 Å². The predicted octanol–water partition coefficient (Wildman–Crippen LogP) is 3.25. The number of carbonyl (C=O) groups is 3. The predicted molar refractivity (Wildman–Crippen MR) is 129 cm³/mol. The Labute approximate surface area is 203 Å². The van der Waals surface area contributed by atoms with Gasteiger partial charge in [0.15, 0.2) is 0 Å². The molecule has 0 spiro atoms. The molecule has 2 N–H and O–H groups in total. The summed E-state index contributed by atoms with van der Waals surface area (Å²) in [5.41, 5.74) is 2.17. The van der Waals surface area contributed by atoms with Gasteiger partial charge in [-0.2, -0.15) is 0 Å². The van der Waals surface area contributed by atoms with Crippen LogP contribution in [0.4, 0.5) is 0 Å². The van der Waals surface area contributed by atoms with E-state index in [1.54, 1.807) is 25.3 Å². The number of carbonyl (C=O) groups excluding carboxylic acids is 3. The zero-order valence-electron chi connectivity index (χ0n) is 18.7. The highest BCUT2D eigenvalue weighted by atomic mass is 35.5. The minimum Gasteiger partial charge on any atom is -0.364 e. The molecule has 34 heavy (non-hydrogen) atoms. The molecule has 0 aliphatic heterocycles. The fraction of sp³-hybridized carbons (Fsp3) is 0.231. The van der Waals surface area contributed by atoms with E-state index >= 15 is 0 Å².